The Hall–Kier alpha value is -1.76. The average Bonchev–Trinajstić information content (AvgIpc) is 2.69. The van der Waals surface area contributed by atoms with Crippen molar-refractivity contribution in [1.82, 2.24) is 0 Å². The Morgan fingerprint density at radius 3 is 2.55 bits per heavy atom. The molecule has 0 spiro atoms. The largest absolute Gasteiger partial charge is 0.419 e. The van der Waals surface area contributed by atoms with Crippen molar-refractivity contribution in [1.29, 1.82) is 0 Å². The van der Waals surface area contributed by atoms with E-state index in [0.29, 0.717) is 0 Å². The number of primary amides is 1. The Labute approximate surface area is 117 Å². The average molecular weight is 307 g/mol. The van der Waals surface area contributed by atoms with Crippen molar-refractivity contribution in [2.75, 3.05) is 11.4 Å². The fraction of sp³-hybridized carbons (Fsp3) is 0.333. The molecule has 2 rings (SSSR count). The standard InChI is InChI=1S/C12H10ClF3N2O2/c13-7-2-1-3-8(10(7)12(14,15)16)18-5-6(11(17)20)4-9(18)19/h1-3,6H,4-5H2,(H2,17,20). The van der Waals surface area contributed by atoms with Crippen LogP contribution in [0.3, 0.4) is 0 Å². The molecule has 2 amide bonds. The molecule has 1 heterocycles. The molecule has 4 nitrogen and oxygen atoms in total. The van der Waals surface area contributed by atoms with E-state index in [-0.39, 0.29) is 18.7 Å². The minimum absolute atomic E-state index is 0.169. The maximum absolute atomic E-state index is 13.0. The van der Waals surface area contributed by atoms with Crippen molar-refractivity contribution in [3.05, 3.63) is 28.8 Å². The van der Waals surface area contributed by atoms with Gasteiger partial charge in [-0.15, -0.1) is 0 Å². The van der Waals surface area contributed by atoms with Crippen molar-refractivity contribution < 1.29 is 22.8 Å². The summed E-state index contributed by atoms with van der Waals surface area (Å²) in [5.74, 6) is -2.08. The maximum atomic E-state index is 13.0. The van der Waals surface area contributed by atoms with Crippen molar-refractivity contribution >= 4 is 29.1 Å². The molecule has 20 heavy (non-hydrogen) atoms. The summed E-state index contributed by atoms with van der Waals surface area (Å²) in [6, 6.07) is 3.56. The number of hydrogen-bond acceptors (Lipinski definition) is 2. The highest BCUT2D eigenvalue weighted by atomic mass is 35.5. The summed E-state index contributed by atoms with van der Waals surface area (Å²) in [7, 11) is 0. The van der Waals surface area contributed by atoms with Gasteiger partial charge in [0.1, 0.15) is 0 Å². The second kappa shape index (κ2) is 4.97. The molecular formula is C12H10ClF3N2O2. The van der Waals surface area contributed by atoms with Gasteiger partial charge in [-0.2, -0.15) is 13.2 Å². The van der Waals surface area contributed by atoms with Crippen molar-refractivity contribution in [2.24, 2.45) is 11.7 Å². The normalized spacial score (nSPS) is 19.5. The Morgan fingerprint density at radius 1 is 1.40 bits per heavy atom. The number of hydrogen-bond donors (Lipinski definition) is 1. The number of nitrogens with zero attached hydrogens (tertiary/aromatic N) is 1. The number of amides is 2. The first-order valence-electron chi connectivity index (χ1n) is 5.67. The molecule has 1 aromatic carbocycles. The van der Waals surface area contributed by atoms with E-state index in [2.05, 4.69) is 0 Å². The fourth-order valence-corrected chi connectivity index (χ4v) is 2.43. The molecule has 8 heteroatoms. The van der Waals surface area contributed by atoms with Crippen LogP contribution in [0, 0.1) is 5.92 Å². The molecule has 1 unspecified atom stereocenters. The van der Waals surface area contributed by atoms with E-state index >= 15 is 0 Å². The van der Waals surface area contributed by atoms with Gasteiger partial charge in [0, 0.05) is 13.0 Å². The molecule has 0 aromatic heterocycles. The van der Waals surface area contributed by atoms with Gasteiger partial charge in [0.05, 0.1) is 22.2 Å². The minimum Gasteiger partial charge on any atom is -0.369 e. The molecule has 2 N–H and O–H groups in total. The van der Waals surface area contributed by atoms with Crippen molar-refractivity contribution in [3.8, 4) is 0 Å². The lowest BCUT2D eigenvalue weighted by molar-refractivity contribution is -0.137. The van der Waals surface area contributed by atoms with Gasteiger partial charge < -0.3 is 10.6 Å². The predicted octanol–water partition coefficient (Wildman–Crippen LogP) is 2.20. The SMILES string of the molecule is NC(=O)C1CC(=O)N(c2cccc(Cl)c2C(F)(F)F)C1. The fourth-order valence-electron chi connectivity index (χ4n) is 2.15. The van der Waals surface area contributed by atoms with Crippen LogP contribution in [0.5, 0.6) is 0 Å². The molecule has 1 atom stereocenters. The van der Waals surface area contributed by atoms with Gasteiger partial charge >= 0.3 is 6.18 Å². The number of alkyl halides is 3. The van der Waals surface area contributed by atoms with Crippen LogP contribution in [0.2, 0.25) is 5.02 Å². The molecule has 0 bridgehead atoms. The van der Waals surface area contributed by atoms with Crippen LogP contribution in [0.1, 0.15) is 12.0 Å². The Kier molecular flexibility index (Phi) is 3.64. The van der Waals surface area contributed by atoms with E-state index in [1.165, 1.54) is 6.07 Å². The van der Waals surface area contributed by atoms with Crippen molar-refractivity contribution in [3.63, 3.8) is 0 Å². The second-order valence-corrected chi connectivity index (χ2v) is 4.85. The lowest BCUT2D eigenvalue weighted by Gasteiger charge is -2.22. The highest BCUT2D eigenvalue weighted by Crippen LogP contribution is 2.42. The van der Waals surface area contributed by atoms with Gasteiger partial charge in [0.2, 0.25) is 11.8 Å². The highest BCUT2D eigenvalue weighted by Gasteiger charge is 2.41. The lowest BCUT2D eigenvalue weighted by Crippen LogP contribution is -2.30. The van der Waals surface area contributed by atoms with Gasteiger partial charge in [-0.1, -0.05) is 17.7 Å². The van der Waals surface area contributed by atoms with Gasteiger partial charge in [-0.3, -0.25) is 9.59 Å². The monoisotopic (exact) mass is 306 g/mol. The smallest absolute Gasteiger partial charge is 0.369 e. The number of carbonyl (C=O) groups is 2. The predicted molar refractivity (Wildman–Crippen MR) is 66.1 cm³/mol. The van der Waals surface area contributed by atoms with Gasteiger partial charge in [-0.25, -0.2) is 0 Å². The van der Waals surface area contributed by atoms with E-state index < -0.39 is 34.5 Å². The number of nitrogens with two attached hydrogens (primary N) is 1. The first kappa shape index (κ1) is 14.6. The third-order valence-corrected chi connectivity index (χ3v) is 3.41. The van der Waals surface area contributed by atoms with Crippen LogP contribution in [0.15, 0.2) is 18.2 Å². The van der Waals surface area contributed by atoms with E-state index in [4.69, 9.17) is 17.3 Å². The van der Waals surface area contributed by atoms with Crippen LogP contribution < -0.4 is 10.6 Å². The van der Waals surface area contributed by atoms with Crippen LogP contribution in [-0.4, -0.2) is 18.4 Å². The first-order valence-corrected chi connectivity index (χ1v) is 6.05. The summed E-state index contributed by atoms with van der Waals surface area (Å²) in [5.41, 5.74) is 3.66. The number of halogens is 4. The zero-order chi connectivity index (χ0) is 15.1. The second-order valence-electron chi connectivity index (χ2n) is 4.44. The Morgan fingerprint density at radius 2 is 2.05 bits per heavy atom. The summed E-state index contributed by atoms with van der Waals surface area (Å²) >= 11 is 5.59. The summed E-state index contributed by atoms with van der Waals surface area (Å²) in [6.07, 6.45) is -4.89. The van der Waals surface area contributed by atoms with Crippen LogP contribution in [0.4, 0.5) is 18.9 Å². The molecule has 1 aliphatic rings. The zero-order valence-electron chi connectivity index (χ0n) is 10.1. The number of carbonyl (C=O) groups excluding carboxylic acids is 2. The van der Waals surface area contributed by atoms with E-state index in [1.807, 2.05) is 0 Å². The molecule has 1 aliphatic heterocycles. The third-order valence-electron chi connectivity index (χ3n) is 3.09. The lowest BCUT2D eigenvalue weighted by atomic mass is 10.1. The molecule has 1 saturated heterocycles. The molecule has 0 radical (unpaired) electrons. The first-order chi connectivity index (χ1) is 9.21. The molecule has 1 aromatic rings. The van der Waals surface area contributed by atoms with E-state index in [1.54, 1.807) is 0 Å². The molecule has 0 saturated carbocycles. The topological polar surface area (TPSA) is 63.4 Å². The van der Waals surface area contributed by atoms with Crippen LogP contribution in [0.25, 0.3) is 0 Å². The minimum atomic E-state index is -4.70. The molecule has 108 valence electrons. The zero-order valence-corrected chi connectivity index (χ0v) is 10.8. The summed E-state index contributed by atoms with van der Waals surface area (Å²) in [6.45, 7) is -0.169. The number of anilines is 1. The van der Waals surface area contributed by atoms with E-state index in [0.717, 1.165) is 17.0 Å². The summed E-state index contributed by atoms with van der Waals surface area (Å²) in [5, 5.41) is -0.495. The van der Waals surface area contributed by atoms with Gasteiger partial charge in [0.15, 0.2) is 0 Å². The van der Waals surface area contributed by atoms with E-state index in [9.17, 15) is 22.8 Å². The van der Waals surface area contributed by atoms with Crippen LogP contribution >= 0.6 is 11.6 Å². The summed E-state index contributed by atoms with van der Waals surface area (Å²) in [4.78, 5) is 23.8. The number of rotatable bonds is 2. The van der Waals surface area contributed by atoms with Gasteiger partial charge in [-0.05, 0) is 12.1 Å². The third kappa shape index (κ3) is 2.58. The Balaban J connectivity index is 2.47. The molecular weight excluding hydrogens is 297 g/mol. The van der Waals surface area contributed by atoms with Crippen LogP contribution in [-0.2, 0) is 15.8 Å². The van der Waals surface area contributed by atoms with Gasteiger partial charge in [0.25, 0.3) is 0 Å². The Bertz CT molecular complexity index is 574. The highest BCUT2D eigenvalue weighted by molar-refractivity contribution is 6.32. The maximum Gasteiger partial charge on any atom is 0.419 e. The molecule has 0 aliphatic carbocycles. The van der Waals surface area contributed by atoms with Crippen molar-refractivity contribution in [2.45, 2.75) is 12.6 Å². The number of benzene rings is 1. The molecule has 1 fully saturated rings. The summed E-state index contributed by atoms with van der Waals surface area (Å²) < 4.78 is 39.1. The quantitative estimate of drug-likeness (QED) is 0.910.